The third kappa shape index (κ3) is 3.81. The van der Waals surface area contributed by atoms with Crippen LogP contribution in [-0.4, -0.2) is 21.5 Å². The van der Waals surface area contributed by atoms with Crippen molar-refractivity contribution in [1.82, 2.24) is 15.0 Å². The van der Waals surface area contributed by atoms with Crippen molar-refractivity contribution >= 4 is 29.1 Å². The molecule has 2 N–H and O–H groups in total. The van der Waals surface area contributed by atoms with Gasteiger partial charge in [-0.1, -0.05) is 23.7 Å². The molecular formula is C18H18ClN5. The fraction of sp³-hybridized carbons (Fsp3) is 0.167. The number of nitrogens with one attached hydrogen (secondary N) is 2. The lowest BCUT2D eigenvalue weighted by atomic mass is 10.2. The average Bonchev–Trinajstić information content (AvgIpc) is 2.59. The van der Waals surface area contributed by atoms with Crippen LogP contribution in [0.5, 0.6) is 0 Å². The predicted octanol–water partition coefficient (Wildman–Crippen LogP) is 4.68. The van der Waals surface area contributed by atoms with Gasteiger partial charge in [-0.05, 0) is 43.7 Å². The van der Waals surface area contributed by atoms with Crippen LogP contribution in [0.25, 0.3) is 11.4 Å². The quantitative estimate of drug-likeness (QED) is 0.707. The van der Waals surface area contributed by atoms with E-state index >= 15 is 0 Å². The van der Waals surface area contributed by atoms with Crippen LogP contribution in [0.4, 0.5) is 17.5 Å². The van der Waals surface area contributed by atoms with Crippen molar-refractivity contribution in [2.24, 2.45) is 0 Å². The Morgan fingerprint density at radius 3 is 2.67 bits per heavy atom. The fourth-order valence-electron chi connectivity index (χ4n) is 2.26. The highest BCUT2D eigenvalue weighted by Crippen LogP contribution is 2.26. The summed E-state index contributed by atoms with van der Waals surface area (Å²) >= 11 is 6.10. The molecule has 3 aromatic rings. The van der Waals surface area contributed by atoms with Gasteiger partial charge in [0.25, 0.3) is 0 Å². The molecule has 0 amide bonds. The number of nitrogens with zero attached hydrogens (tertiary/aromatic N) is 3. The van der Waals surface area contributed by atoms with E-state index in [-0.39, 0.29) is 0 Å². The van der Waals surface area contributed by atoms with Gasteiger partial charge in [0.05, 0.1) is 11.4 Å². The van der Waals surface area contributed by atoms with Gasteiger partial charge >= 0.3 is 0 Å². The molecular weight excluding hydrogens is 322 g/mol. The summed E-state index contributed by atoms with van der Waals surface area (Å²) in [7, 11) is 0. The minimum Gasteiger partial charge on any atom is -0.354 e. The van der Waals surface area contributed by atoms with Crippen LogP contribution in [0.3, 0.4) is 0 Å². The van der Waals surface area contributed by atoms with Crippen LogP contribution in [0.2, 0.25) is 5.02 Å². The van der Waals surface area contributed by atoms with Gasteiger partial charge in [-0.25, -0.2) is 4.98 Å². The first-order valence-electron chi connectivity index (χ1n) is 7.73. The molecule has 2 heterocycles. The third-order valence-electron chi connectivity index (χ3n) is 3.45. The number of aromatic nitrogens is 3. The first-order valence-corrected chi connectivity index (χ1v) is 8.11. The van der Waals surface area contributed by atoms with Crippen LogP contribution in [-0.2, 0) is 0 Å². The molecule has 6 heteroatoms. The first kappa shape index (κ1) is 16.2. The SMILES string of the molecule is CCNc1nc(Nc2cc(Cl)ccc2C)cc(-c2ccccn2)n1. The Hall–Kier alpha value is -2.66. The first-order chi connectivity index (χ1) is 11.7. The number of hydrogen-bond acceptors (Lipinski definition) is 5. The summed E-state index contributed by atoms with van der Waals surface area (Å²) in [6, 6.07) is 13.3. The van der Waals surface area contributed by atoms with Gasteiger partial charge in [0.2, 0.25) is 5.95 Å². The highest BCUT2D eigenvalue weighted by Gasteiger charge is 2.09. The highest BCUT2D eigenvalue weighted by molar-refractivity contribution is 6.30. The predicted molar refractivity (Wildman–Crippen MR) is 98.9 cm³/mol. The standard InChI is InChI=1S/C18H18ClN5/c1-3-20-18-23-16(14-6-4-5-9-21-14)11-17(24-18)22-15-10-13(19)8-7-12(15)2/h4-11H,3H2,1-2H3,(H2,20,22,23,24). The molecule has 0 spiro atoms. The summed E-state index contributed by atoms with van der Waals surface area (Å²) in [5, 5.41) is 7.15. The highest BCUT2D eigenvalue weighted by atomic mass is 35.5. The molecule has 0 unspecified atom stereocenters. The molecule has 0 aliphatic carbocycles. The summed E-state index contributed by atoms with van der Waals surface area (Å²) in [5.74, 6) is 1.25. The lowest BCUT2D eigenvalue weighted by Crippen LogP contribution is -2.06. The maximum absolute atomic E-state index is 6.10. The van der Waals surface area contributed by atoms with Gasteiger partial charge in [-0.15, -0.1) is 0 Å². The molecule has 0 fully saturated rings. The van der Waals surface area contributed by atoms with E-state index in [0.29, 0.717) is 16.8 Å². The zero-order valence-corrected chi connectivity index (χ0v) is 14.3. The van der Waals surface area contributed by atoms with Gasteiger partial charge in [0.15, 0.2) is 0 Å². The van der Waals surface area contributed by atoms with Crippen LogP contribution in [0.1, 0.15) is 12.5 Å². The van der Waals surface area contributed by atoms with Crippen molar-refractivity contribution < 1.29 is 0 Å². The zero-order valence-electron chi connectivity index (χ0n) is 13.5. The van der Waals surface area contributed by atoms with Crippen molar-refractivity contribution in [1.29, 1.82) is 0 Å². The molecule has 0 saturated carbocycles. The Morgan fingerprint density at radius 1 is 1.04 bits per heavy atom. The monoisotopic (exact) mass is 339 g/mol. The van der Waals surface area contributed by atoms with Gasteiger partial charge in [0.1, 0.15) is 5.82 Å². The Kier molecular flexibility index (Phi) is 4.91. The van der Waals surface area contributed by atoms with E-state index in [1.54, 1.807) is 6.20 Å². The number of benzene rings is 1. The van der Waals surface area contributed by atoms with E-state index in [0.717, 1.165) is 29.2 Å². The summed E-state index contributed by atoms with van der Waals surface area (Å²) in [6.07, 6.45) is 1.75. The fourth-order valence-corrected chi connectivity index (χ4v) is 2.43. The third-order valence-corrected chi connectivity index (χ3v) is 3.69. The second-order valence-corrected chi connectivity index (χ2v) is 5.73. The molecule has 5 nitrogen and oxygen atoms in total. The molecule has 0 radical (unpaired) electrons. The minimum absolute atomic E-state index is 0.558. The number of pyridine rings is 1. The van der Waals surface area contributed by atoms with Crippen molar-refractivity contribution in [2.45, 2.75) is 13.8 Å². The average molecular weight is 340 g/mol. The van der Waals surface area contributed by atoms with Crippen molar-refractivity contribution in [3.63, 3.8) is 0 Å². The minimum atomic E-state index is 0.558. The topological polar surface area (TPSA) is 62.7 Å². The number of anilines is 3. The maximum atomic E-state index is 6.10. The van der Waals surface area contributed by atoms with E-state index < -0.39 is 0 Å². The molecule has 1 aromatic carbocycles. The Morgan fingerprint density at radius 2 is 1.92 bits per heavy atom. The molecule has 0 saturated heterocycles. The number of aryl methyl sites for hydroxylation is 1. The van der Waals surface area contributed by atoms with Gasteiger partial charge < -0.3 is 10.6 Å². The molecule has 2 aromatic heterocycles. The van der Waals surface area contributed by atoms with Crippen LogP contribution in [0, 0.1) is 6.92 Å². The van der Waals surface area contributed by atoms with Crippen LogP contribution >= 0.6 is 11.6 Å². The summed E-state index contributed by atoms with van der Waals surface area (Å²) in [4.78, 5) is 13.4. The molecule has 24 heavy (non-hydrogen) atoms. The Balaban J connectivity index is 2.00. The van der Waals surface area contributed by atoms with Crippen molar-refractivity contribution in [3.8, 4) is 11.4 Å². The maximum Gasteiger partial charge on any atom is 0.225 e. The van der Waals surface area contributed by atoms with E-state index in [9.17, 15) is 0 Å². The Labute approximate surface area is 146 Å². The van der Waals surface area contributed by atoms with Gasteiger partial charge in [-0.3, -0.25) is 4.98 Å². The lowest BCUT2D eigenvalue weighted by molar-refractivity contribution is 1.08. The van der Waals surface area contributed by atoms with E-state index in [1.807, 2.05) is 56.3 Å². The lowest BCUT2D eigenvalue weighted by Gasteiger charge is -2.12. The van der Waals surface area contributed by atoms with E-state index in [1.165, 1.54) is 0 Å². The summed E-state index contributed by atoms with van der Waals surface area (Å²) in [6.45, 7) is 4.76. The van der Waals surface area contributed by atoms with Gasteiger partial charge in [-0.2, -0.15) is 4.98 Å². The zero-order chi connectivity index (χ0) is 16.9. The van der Waals surface area contributed by atoms with Crippen LogP contribution in [0.15, 0.2) is 48.7 Å². The number of rotatable bonds is 5. The van der Waals surface area contributed by atoms with Crippen LogP contribution < -0.4 is 10.6 Å². The van der Waals surface area contributed by atoms with E-state index in [4.69, 9.17) is 11.6 Å². The molecule has 0 aliphatic heterocycles. The van der Waals surface area contributed by atoms with Crippen molar-refractivity contribution in [2.75, 3.05) is 17.2 Å². The van der Waals surface area contributed by atoms with E-state index in [2.05, 4.69) is 25.6 Å². The van der Waals surface area contributed by atoms with Gasteiger partial charge in [0, 0.05) is 29.5 Å². The molecule has 0 bridgehead atoms. The second kappa shape index (κ2) is 7.27. The molecule has 0 aliphatic rings. The summed E-state index contributed by atoms with van der Waals surface area (Å²) < 4.78 is 0. The second-order valence-electron chi connectivity index (χ2n) is 5.29. The van der Waals surface area contributed by atoms with Crippen molar-refractivity contribution in [3.05, 3.63) is 59.2 Å². The largest absolute Gasteiger partial charge is 0.354 e. The molecule has 122 valence electrons. The summed E-state index contributed by atoms with van der Waals surface area (Å²) in [5.41, 5.74) is 3.55. The number of halogens is 1. The smallest absolute Gasteiger partial charge is 0.225 e. The molecule has 3 rings (SSSR count). The number of hydrogen-bond donors (Lipinski definition) is 2. The Bertz CT molecular complexity index is 836. The molecule has 0 atom stereocenters. The normalized spacial score (nSPS) is 10.5.